The van der Waals surface area contributed by atoms with E-state index in [9.17, 15) is 4.79 Å². The van der Waals surface area contributed by atoms with E-state index in [1.165, 1.54) is 11.1 Å². The van der Waals surface area contributed by atoms with Crippen molar-refractivity contribution >= 4 is 58.0 Å². The average molecular weight is 519 g/mol. The largest absolute Gasteiger partial charge is 0.455 e. The highest BCUT2D eigenvalue weighted by Crippen LogP contribution is 2.40. The van der Waals surface area contributed by atoms with Crippen molar-refractivity contribution in [1.82, 2.24) is 14.9 Å². The molecule has 3 heterocycles. The fourth-order valence-corrected chi connectivity index (χ4v) is 5.87. The van der Waals surface area contributed by atoms with Gasteiger partial charge in [0.1, 0.15) is 5.56 Å². The zero-order chi connectivity index (χ0) is 24.2. The van der Waals surface area contributed by atoms with Crippen molar-refractivity contribution in [3.8, 4) is 5.88 Å². The Morgan fingerprint density at radius 2 is 1.85 bits per heavy atom. The molecule has 0 bridgehead atoms. The molecule has 0 saturated carbocycles. The second kappa shape index (κ2) is 8.57. The Bertz CT molecular complexity index is 1290. The Morgan fingerprint density at radius 3 is 2.59 bits per heavy atom. The molecule has 0 spiro atoms. The van der Waals surface area contributed by atoms with Crippen LogP contribution in [0, 0.1) is 0 Å². The minimum atomic E-state index is -0.343. The van der Waals surface area contributed by atoms with Crippen LogP contribution in [0.25, 0.3) is 0 Å². The van der Waals surface area contributed by atoms with Crippen molar-refractivity contribution in [2.45, 2.75) is 25.8 Å². The van der Waals surface area contributed by atoms with Crippen molar-refractivity contribution in [3.05, 3.63) is 68.3 Å². The number of halogens is 3. The predicted octanol–water partition coefficient (Wildman–Crippen LogP) is 5.90. The third kappa shape index (κ3) is 4.07. The minimum Gasteiger partial charge on any atom is -0.455 e. The summed E-state index contributed by atoms with van der Waals surface area (Å²) in [5.74, 6) is 0.145. The molecule has 34 heavy (non-hydrogen) atoms. The van der Waals surface area contributed by atoms with Gasteiger partial charge in [0.15, 0.2) is 6.73 Å². The Kier molecular flexibility index (Phi) is 5.84. The molecular weight excluding hydrogens is 497 g/mol. The summed E-state index contributed by atoms with van der Waals surface area (Å²) < 4.78 is 5.77. The fourth-order valence-electron chi connectivity index (χ4n) is 4.77. The van der Waals surface area contributed by atoms with Gasteiger partial charge in [-0.3, -0.25) is 9.69 Å². The molecule has 176 valence electrons. The predicted molar refractivity (Wildman–Crippen MR) is 135 cm³/mol. The van der Waals surface area contributed by atoms with Crippen LogP contribution >= 0.6 is 34.8 Å². The van der Waals surface area contributed by atoms with Crippen LogP contribution in [0.5, 0.6) is 5.88 Å². The molecule has 0 radical (unpaired) electrons. The number of fused-ring (bicyclic) bond motifs is 2. The summed E-state index contributed by atoms with van der Waals surface area (Å²) in [6.45, 7) is 6.05. The zero-order valence-corrected chi connectivity index (χ0v) is 21.1. The van der Waals surface area contributed by atoms with Crippen molar-refractivity contribution in [1.29, 1.82) is 0 Å². The normalized spacial score (nSPS) is 17.1. The second-order valence-electron chi connectivity index (χ2n) is 9.16. The molecule has 0 saturated heterocycles. The maximum atomic E-state index is 13.1. The van der Waals surface area contributed by atoms with Crippen LogP contribution in [0.15, 0.2) is 36.5 Å². The van der Waals surface area contributed by atoms with Gasteiger partial charge in [-0.2, -0.15) is 4.98 Å². The lowest BCUT2D eigenvalue weighted by Gasteiger charge is -2.39. The van der Waals surface area contributed by atoms with E-state index in [4.69, 9.17) is 39.5 Å². The third-order valence-electron chi connectivity index (χ3n) is 5.98. The molecule has 3 aromatic rings. The molecular formula is C24H22Cl3N5O2. The van der Waals surface area contributed by atoms with E-state index in [0.717, 1.165) is 29.9 Å². The van der Waals surface area contributed by atoms with E-state index in [1.807, 2.05) is 6.07 Å². The lowest BCUT2D eigenvalue weighted by molar-refractivity contribution is 0.0932. The molecule has 2 aliphatic heterocycles. The number of amides is 1. The Hall–Kier alpha value is -2.58. The van der Waals surface area contributed by atoms with Crippen LogP contribution in [-0.4, -0.2) is 41.1 Å². The number of para-hydroxylation sites is 1. The maximum Gasteiger partial charge on any atom is 0.268 e. The Morgan fingerprint density at radius 1 is 1.12 bits per heavy atom. The van der Waals surface area contributed by atoms with Gasteiger partial charge in [0.05, 0.1) is 15.7 Å². The second-order valence-corrected chi connectivity index (χ2v) is 10.4. The zero-order valence-electron chi connectivity index (χ0n) is 18.8. The summed E-state index contributed by atoms with van der Waals surface area (Å²) in [6, 6.07) is 8.98. The first-order valence-electron chi connectivity index (χ1n) is 10.7. The number of hydrogen-bond donors (Lipinski definition) is 1. The van der Waals surface area contributed by atoms with Gasteiger partial charge < -0.3 is 15.0 Å². The Balaban J connectivity index is 1.42. The number of likely N-dealkylation sites (N-methyl/N-ethyl adjacent to an activating group) is 1. The summed E-state index contributed by atoms with van der Waals surface area (Å²) >= 11 is 19.2. The molecule has 0 unspecified atom stereocenters. The number of nitrogens with zero attached hydrogens (tertiary/aromatic N) is 4. The molecule has 1 amide bonds. The van der Waals surface area contributed by atoms with Crippen molar-refractivity contribution < 1.29 is 9.53 Å². The summed E-state index contributed by atoms with van der Waals surface area (Å²) in [5, 5.41) is 4.60. The molecule has 2 aliphatic rings. The van der Waals surface area contributed by atoms with E-state index in [0.29, 0.717) is 26.7 Å². The molecule has 7 nitrogen and oxygen atoms in total. The molecule has 0 atom stereocenters. The highest BCUT2D eigenvalue weighted by atomic mass is 35.5. The van der Waals surface area contributed by atoms with Crippen LogP contribution in [0.1, 0.15) is 35.3 Å². The monoisotopic (exact) mass is 517 g/mol. The van der Waals surface area contributed by atoms with Crippen LogP contribution in [-0.2, 0) is 12.0 Å². The van der Waals surface area contributed by atoms with Gasteiger partial charge in [-0.15, -0.1) is 0 Å². The maximum absolute atomic E-state index is 13.1. The number of carbonyl (C=O) groups excluding carboxylic acids is 1. The van der Waals surface area contributed by atoms with Gasteiger partial charge in [0, 0.05) is 35.4 Å². The first-order chi connectivity index (χ1) is 16.1. The number of aromatic nitrogens is 2. The average Bonchev–Trinajstić information content (AvgIpc) is 2.73. The van der Waals surface area contributed by atoms with Crippen molar-refractivity contribution in [3.63, 3.8) is 0 Å². The topological polar surface area (TPSA) is 70.6 Å². The highest BCUT2D eigenvalue weighted by Gasteiger charge is 2.33. The first-order valence-corrected chi connectivity index (χ1v) is 11.8. The number of carbonyl (C=O) groups is 1. The number of hydrogen-bond acceptors (Lipinski definition) is 6. The SMILES string of the molecule is CN1Cc2cc(Nc3ncc4c(n3)OCN(c3c(Cl)cccc3Cl)C4=O)cc(Cl)c2C(C)(C)C1. The molecule has 5 rings (SSSR count). The molecule has 10 heteroatoms. The van der Waals surface area contributed by atoms with Crippen LogP contribution in [0.2, 0.25) is 15.1 Å². The number of nitrogens with one attached hydrogen (secondary N) is 1. The fraction of sp³-hybridized carbons (Fsp3) is 0.292. The van der Waals surface area contributed by atoms with E-state index >= 15 is 0 Å². The smallest absolute Gasteiger partial charge is 0.268 e. The molecule has 2 aromatic carbocycles. The first kappa shape index (κ1) is 23.2. The van der Waals surface area contributed by atoms with E-state index in [2.05, 4.69) is 47.1 Å². The third-order valence-corrected chi connectivity index (χ3v) is 6.89. The molecule has 0 aliphatic carbocycles. The van der Waals surface area contributed by atoms with Gasteiger partial charge in [-0.25, -0.2) is 4.98 Å². The molecule has 1 aromatic heterocycles. The number of ether oxygens (including phenoxy) is 1. The number of anilines is 3. The van der Waals surface area contributed by atoms with Gasteiger partial charge in [-0.1, -0.05) is 54.7 Å². The van der Waals surface area contributed by atoms with Gasteiger partial charge >= 0.3 is 0 Å². The number of rotatable bonds is 3. The van der Waals surface area contributed by atoms with Gasteiger partial charge in [0.25, 0.3) is 5.91 Å². The summed E-state index contributed by atoms with van der Waals surface area (Å²) in [4.78, 5) is 25.5. The van der Waals surface area contributed by atoms with Crippen LogP contribution < -0.4 is 15.0 Å². The quantitative estimate of drug-likeness (QED) is 0.465. The highest BCUT2D eigenvalue weighted by molar-refractivity contribution is 6.40. The van der Waals surface area contributed by atoms with Crippen LogP contribution in [0.3, 0.4) is 0 Å². The van der Waals surface area contributed by atoms with E-state index in [-0.39, 0.29) is 29.5 Å². The minimum absolute atomic E-state index is 0.0507. The summed E-state index contributed by atoms with van der Waals surface area (Å²) in [7, 11) is 2.10. The molecule has 1 N–H and O–H groups in total. The van der Waals surface area contributed by atoms with E-state index < -0.39 is 0 Å². The van der Waals surface area contributed by atoms with Gasteiger partial charge in [-0.05, 0) is 42.4 Å². The van der Waals surface area contributed by atoms with Crippen molar-refractivity contribution in [2.75, 3.05) is 30.5 Å². The lowest BCUT2D eigenvalue weighted by atomic mass is 9.78. The molecule has 0 fully saturated rings. The van der Waals surface area contributed by atoms with E-state index in [1.54, 1.807) is 18.2 Å². The lowest BCUT2D eigenvalue weighted by Crippen LogP contribution is -2.40. The summed E-state index contributed by atoms with van der Waals surface area (Å²) in [5.41, 5.74) is 3.65. The summed E-state index contributed by atoms with van der Waals surface area (Å²) in [6.07, 6.45) is 1.43. The standard InChI is InChI=1S/C24H22Cl3N5O2/c1-24(2)11-31(3)10-13-7-14(8-18(27)19(13)24)29-23-28-9-15-21(30-23)34-12-32(22(15)33)20-16(25)5-4-6-17(20)26/h4-9H,10-12H2,1-3H3,(H,28,29,30). The number of benzene rings is 2. The van der Waals surface area contributed by atoms with Crippen LogP contribution in [0.4, 0.5) is 17.3 Å². The van der Waals surface area contributed by atoms with Crippen molar-refractivity contribution in [2.24, 2.45) is 0 Å². The Labute approximate surface area is 212 Å². The van der Waals surface area contributed by atoms with Gasteiger partial charge in [0.2, 0.25) is 11.8 Å².